The van der Waals surface area contributed by atoms with Crippen LogP contribution in [0.2, 0.25) is 0 Å². The Hall–Kier alpha value is -0.0800. The number of aliphatic hydroxyl groups excluding tert-OH is 2. The van der Waals surface area contributed by atoms with Gasteiger partial charge in [-0.15, -0.1) is 0 Å². The van der Waals surface area contributed by atoms with Crippen molar-refractivity contribution in [1.29, 1.82) is 0 Å². The van der Waals surface area contributed by atoms with Gasteiger partial charge in [-0.25, -0.2) is 0 Å². The molecular weight excluding hydrogens is 140 g/mol. The molecule has 0 saturated carbocycles. The van der Waals surface area contributed by atoms with Crippen LogP contribution in [0.3, 0.4) is 0 Å². The SMILES string of the molecule is CC(C)(C)C(C)(C)[C@H](O)CO. The standard InChI is InChI=1S/C9H20O2/c1-8(2,3)9(4,5)7(11)6-10/h7,10-11H,6H2,1-5H3/t7-/m1/s1. The fourth-order valence-electron chi connectivity index (χ4n) is 0.728. The van der Waals surface area contributed by atoms with Gasteiger partial charge in [0.05, 0.1) is 12.7 Å². The van der Waals surface area contributed by atoms with E-state index < -0.39 is 6.10 Å². The molecular formula is C9H20O2. The van der Waals surface area contributed by atoms with Crippen molar-refractivity contribution in [2.75, 3.05) is 6.61 Å². The molecule has 0 aliphatic heterocycles. The second kappa shape index (κ2) is 3.11. The van der Waals surface area contributed by atoms with Crippen LogP contribution in [0.1, 0.15) is 34.6 Å². The Morgan fingerprint density at radius 3 is 1.55 bits per heavy atom. The van der Waals surface area contributed by atoms with E-state index in [0.29, 0.717) is 0 Å². The predicted octanol–water partition coefficient (Wildman–Crippen LogP) is 1.41. The highest BCUT2D eigenvalue weighted by Gasteiger charge is 2.38. The molecule has 0 aromatic rings. The first-order chi connectivity index (χ1) is 4.73. The van der Waals surface area contributed by atoms with Gasteiger partial charge in [0.15, 0.2) is 0 Å². The van der Waals surface area contributed by atoms with Crippen molar-refractivity contribution in [1.82, 2.24) is 0 Å². The molecule has 0 aliphatic carbocycles. The highest BCUT2D eigenvalue weighted by molar-refractivity contribution is 4.87. The van der Waals surface area contributed by atoms with Crippen molar-refractivity contribution in [2.45, 2.75) is 40.7 Å². The van der Waals surface area contributed by atoms with Gasteiger partial charge < -0.3 is 10.2 Å². The maximum atomic E-state index is 9.47. The average Bonchev–Trinajstić information content (AvgIpc) is 1.83. The second-order valence-corrected chi connectivity index (χ2v) is 4.67. The van der Waals surface area contributed by atoms with Crippen LogP contribution >= 0.6 is 0 Å². The van der Waals surface area contributed by atoms with E-state index >= 15 is 0 Å². The molecule has 0 saturated heterocycles. The van der Waals surface area contributed by atoms with Crippen molar-refractivity contribution in [3.8, 4) is 0 Å². The van der Waals surface area contributed by atoms with Crippen LogP contribution in [0.4, 0.5) is 0 Å². The second-order valence-electron chi connectivity index (χ2n) is 4.67. The van der Waals surface area contributed by atoms with Crippen LogP contribution in [0.5, 0.6) is 0 Å². The van der Waals surface area contributed by atoms with Crippen LogP contribution in [-0.2, 0) is 0 Å². The lowest BCUT2D eigenvalue weighted by atomic mass is 9.66. The summed E-state index contributed by atoms with van der Waals surface area (Å²) in [6, 6.07) is 0. The Bertz CT molecular complexity index is 122. The fraction of sp³-hybridized carbons (Fsp3) is 1.00. The lowest BCUT2D eigenvalue weighted by molar-refractivity contribution is -0.0554. The smallest absolute Gasteiger partial charge is 0.0826 e. The van der Waals surface area contributed by atoms with Gasteiger partial charge in [0, 0.05) is 0 Å². The van der Waals surface area contributed by atoms with Crippen molar-refractivity contribution < 1.29 is 10.2 Å². The third-order valence-electron chi connectivity index (χ3n) is 2.94. The minimum absolute atomic E-state index is 0.00907. The monoisotopic (exact) mass is 160 g/mol. The van der Waals surface area contributed by atoms with E-state index in [1.54, 1.807) is 0 Å². The maximum absolute atomic E-state index is 9.47. The summed E-state index contributed by atoms with van der Waals surface area (Å²) in [7, 11) is 0. The summed E-state index contributed by atoms with van der Waals surface area (Å²) in [4.78, 5) is 0. The largest absolute Gasteiger partial charge is 0.394 e. The number of rotatable bonds is 2. The van der Waals surface area contributed by atoms with E-state index in [-0.39, 0.29) is 17.4 Å². The first-order valence-electron chi connectivity index (χ1n) is 4.02. The topological polar surface area (TPSA) is 40.5 Å². The molecule has 11 heavy (non-hydrogen) atoms. The molecule has 2 nitrogen and oxygen atoms in total. The first kappa shape index (κ1) is 10.9. The van der Waals surface area contributed by atoms with Crippen molar-refractivity contribution >= 4 is 0 Å². The summed E-state index contributed by atoms with van der Waals surface area (Å²) in [6.45, 7) is 9.95. The van der Waals surface area contributed by atoms with E-state index in [2.05, 4.69) is 20.8 Å². The Kier molecular flexibility index (Phi) is 3.09. The summed E-state index contributed by atoms with van der Waals surface area (Å²) in [6.07, 6.45) is -0.637. The lowest BCUT2D eigenvalue weighted by Gasteiger charge is -2.41. The van der Waals surface area contributed by atoms with E-state index in [4.69, 9.17) is 5.11 Å². The molecule has 0 aromatic heterocycles. The predicted molar refractivity (Wildman–Crippen MR) is 46.3 cm³/mol. The molecule has 0 amide bonds. The molecule has 2 N–H and O–H groups in total. The zero-order chi connectivity index (χ0) is 9.28. The van der Waals surface area contributed by atoms with Crippen LogP contribution in [-0.4, -0.2) is 22.9 Å². The molecule has 0 bridgehead atoms. The molecule has 0 unspecified atom stereocenters. The van der Waals surface area contributed by atoms with E-state index in [1.165, 1.54) is 0 Å². The Balaban J connectivity index is 4.45. The van der Waals surface area contributed by atoms with Crippen LogP contribution in [0.15, 0.2) is 0 Å². The molecule has 1 atom stereocenters. The quantitative estimate of drug-likeness (QED) is 0.641. The molecule has 0 fully saturated rings. The molecule has 0 heterocycles. The summed E-state index contributed by atoms with van der Waals surface area (Å²) >= 11 is 0. The van der Waals surface area contributed by atoms with Gasteiger partial charge in [0.1, 0.15) is 0 Å². The summed E-state index contributed by atoms with van der Waals surface area (Å²) in [5.74, 6) is 0. The lowest BCUT2D eigenvalue weighted by Crippen LogP contribution is -2.42. The van der Waals surface area contributed by atoms with Gasteiger partial charge in [-0.2, -0.15) is 0 Å². The highest BCUT2D eigenvalue weighted by atomic mass is 16.3. The Morgan fingerprint density at radius 1 is 1.09 bits per heavy atom. The third-order valence-corrected chi connectivity index (χ3v) is 2.94. The van der Waals surface area contributed by atoms with Crippen LogP contribution < -0.4 is 0 Å². The summed E-state index contributed by atoms with van der Waals surface area (Å²) in [5, 5.41) is 18.3. The van der Waals surface area contributed by atoms with Gasteiger partial charge in [-0.3, -0.25) is 0 Å². The maximum Gasteiger partial charge on any atom is 0.0826 e. The number of hydrogen-bond acceptors (Lipinski definition) is 2. The fourth-order valence-corrected chi connectivity index (χ4v) is 0.728. The van der Waals surface area contributed by atoms with E-state index in [0.717, 1.165) is 0 Å². The van der Waals surface area contributed by atoms with Gasteiger partial charge in [0.2, 0.25) is 0 Å². The normalized spacial score (nSPS) is 16.6. The first-order valence-corrected chi connectivity index (χ1v) is 4.02. The molecule has 0 spiro atoms. The minimum atomic E-state index is -0.637. The van der Waals surface area contributed by atoms with Crippen LogP contribution in [0.25, 0.3) is 0 Å². The molecule has 0 aliphatic rings. The van der Waals surface area contributed by atoms with Gasteiger partial charge in [0.25, 0.3) is 0 Å². The highest BCUT2D eigenvalue weighted by Crippen LogP contribution is 2.40. The molecule has 0 radical (unpaired) electrons. The van der Waals surface area contributed by atoms with Crippen molar-refractivity contribution in [2.24, 2.45) is 10.8 Å². The summed E-state index contributed by atoms with van der Waals surface area (Å²) < 4.78 is 0. The molecule has 2 heteroatoms. The summed E-state index contributed by atoms with van der Waals surface area (Å²) in [5.41, 5.74) is -0.239. The molecule has 68 valence electrons. The number of hydrogen-bond donors (Lipinski definition) is 2. The van der Waals surface area contributed by atoms with Gasteiger partial charge in [-0.1, -0.05) is 34.6 Å². The van der Waals surface area contributed by atoms with Gasteiger partial charge >= 0.3 is 0 Å². The third kappa shape index (κ3) is 2.17. The van der Waals surface area contributed by atoms with E-state index in [9.17, 15) is 5.11 Å². The zero-order valence-corrected chi connectivity index (χ0v) is 8.18. The zero-order valence-electron chi connectivity index (χ0n) is 8.18. The van der Waals surface area contributed by atoms with Gasteiger partial charge in [-0.05, 0) is 10.8 Å². The van der Waals surface area contributed by atoms with Crippen molar-refractivity contribution in [3.63, 3.8) is 0 Å². The van der Waals surface area contributed by atoms with Crippen molar-refractivity contribution in [3.05, 3.63) is 0 Å². The Morgan fingerprint density at radius 2 is 1.45 bits per heavy atom. The number of aliphatic hydroxyl groups is 2. The average molecular weight is 160 g/mol. The van der Waals surface area contributed by atoms with E-state index in [1.807, 2.05) is 13.8 Å². The Labute approximate surface area is 69.2 Å². The molecule has 0 aromatic carbocycles. The minimum Gasteiger partial charge on any atom is -0.394 e. The van der Waals surface area contributed by atoms with Crippen LogP contribution in [0, 0.1) is 10.8 Å². The molecule has 0 rings (SSSR count).